The summed E-state index contributed by atoms with van der Waals surface area (Å²) in [6.45, 7) is 0. The maximum absolute atomic E-state index is 11.0. The number of amides is 2. The minimum Gasteiger partial charge on any atom is -0.492 e. The van der Waals surface area contributed by atoms with Crippen LogP contribution in [-0.2, 0) is 0 Å². The first kappa shape index (κ1) is 12.2. The summed E-state index contributed by atoms with van der Waals surface area (Å²) >= 11 is 0. The third-order valence-electron chi connectivity index (χ3n) is 2.02. The van der Waals surface area contributed by atoms with Crippen LogP contribution in [0.5, 0.6) is 5.88 Å². The van der Waals surface area contributed by atoms with Gasteiger partial charge in [-0.1, -0.05) is 0 Å². The molecule has 0 spiro atoms. The van der Waals surface area contributed by atoms with Crippen molar-refractivity contribution in [2.75, 3.05) is 0 Å². The average Bonchev–Trinajstić information content (AvgIpc) is 2.92. The standard InChI is InChI=1S/C8H8N8O3/c9-4(17)2-6(12-1-11-2)15-16-8-13-3(5(10)18)7(19)14-8/h1,19H,(H2,9,17)(H2,10,18)(H,11,12)(H,13,14)/b16-15+. The average molecular weight is 264 g/mol. The molecular formula is C8H8N8O3. The van der Waals surface area contributed by atoms with Crippen molar-refractivity contribution in [1.82, 2.24) is 19.9 Å². The number of aromatic nitrogens is 4. The van der Waals surface area contributed by atoms with Gasteiger partial charge in [0.15, 0.2) is 11.4 Å². The Bertz CT molecular complexity index is 669. The first-order valence-electron chi connectivity index (χ1n) is 4.82. The molecule has 0 aliphatic carbocycles. The predicted molar refractivity (Wildman–Crippen MR) is 60.1 cm³/mol. The van der Waals surface area contributed by atoms with E-state index in [9.17, 15) is 14.7 Å². The Morgan fingerprint density at radius 2 is 1.89 bits per heavy atom. The van der Waals surface area contributed by atoms with E-state index in [1.807, 2.05) is 0 Å². The lowest BCUT2D eigenvalue weighted by atomic mass is 10.4. The van der Waals surface area contributed by atoms with Gasteiger partial charge in [-0.05, 0) is 0 Å². The number of aromatic amines is 2. The zero-order valence-electron chi connectivity index (χ0n) is 9.28. The SMILES string of the molecule is NC(=O)c1[nH]c(/N=N/c2nc[nH]c2C(N)=O)nc1O. The van der Waals surface area contributed by atoms with Crippen LogP contribution in [0.1, 0.15) is 21.0 Å². The lowest BCUT2D eigenvalue weighted by molar-refractivity contribution is 0.0986. The summed E-state index contributed by atoms with van der Waals surface area (Å²) in [5, 5.41) is 16.4. The number of imidazole rings is 2. The first-order chi connectivity index (χ1) is 8.99. The molecule has 0 saturated heterocycles. The number of azo groups is 1. The summed E-state index contributed by atoms with van der Waals surface area (Å²) in [6, 6.07) is 0. The second-order valence-corrected chi connectivity index (χ2v) is 3.29. The van der Waals surface area contributed by atoms with Gasteiger partial charge in [0.25, 0.3) is 17.8 Å². The van der Waals surface area contributed by atoms with Crippen molar-refractivity contribution in [2.24, 2.45) is 21.7 Å². The number of nitrogens with zero attached hydrogens (tertiary/aromatic N) is 4. The van der Waals surface area contributed by atoms with E-state index in [0.29, 0.717) is 0 Å². The van der Waals surface area contributed by atoms with Crippen LogP contribution in [0.2, 0.25) is 0 Å². The van der Waals surface area contributed by atoms with E-state index in [1.165, 1.54) is 6.33 Å². The Morgan fingerprint density at radius 1 is 1.21 bits per heavy atom. The molecule has 2 aromatic heterocycles. The quantitative estimate of drug-likeness (QED) is 0.462. The van der Waals surface area contributed by atoms with Crippen LogP contribution in [0.4, 0.5) is 11.8 Å². The summed E-state index contributed by atoms with van der Waals surface area (Å²) in [5.74, 6) is -2.48. The molecule has 0 aliphatic heterocycles. The molecular weight excluding hydrogens is 256 g/mol. The van der Waals surface area contributed by atoms with Crippen molar-refractivity contribution < 1.29 is 14.7 Å². The van der Waals surface area contributed by atoms with Crippen molar-refractivity contribution in [3.8, 4) is 5.88 Å². The normalized spacial score (nSPS) is 10.9. The molecule has 0 fully saturated rings. The highest BCUT2D eigenvalue weighted by Gasteiger charge is 2.14. The van der Waals surface area contributed by atoms with Crippen molar-refractivity contribution in [3.63, 3.8) is 0 Å². The van der Waals surface area contributed by atoms with Gasteiger partial charge >= 0.3 is 0 Å². The molecule has 0 bridgehead atoms. The van der Waals surface area contributed by atoms with Crippen LogP contribution < -0.4 is 11.5 Å². The van der Waals surface area contributed by atoms with Crippen LogP contribution in [0.25, 0.3) is 0 Å². The maximum Gasteiger partial charge on any atom is 0.270 e. The highest BCUT2D eigenvalue weighted by atomic mass is 16.3. The van der Waals surface area contributed by atoms with Gasteiger partial charge in [-0.25, -0.2) is 4.98 Å². The van der Waals surface area contributed by atoms with Crippen molar-refractivity contribution in [2.45, 2.75) is 0 Å². The Balaban J connectivity index is 2.28. The Labute approximate surface area is 104 Å². The molecule has 7 N–H and O–H groups in total. The second kappa shape index (κ2) is 4.56. The van der Waals surface area contributed by atoms with Gasteiger partial charge in [-0.2, -0.15) is 4.98 Å². The highest BCUT2D eigenvalue weighted by Crippen LogP contribution is 2.20. The number of carbonyl (C=O) groups is 2. The second-order valence-electron chi connectivity index (χ2n) is 3.29. The Hall–Kier alpha value is -3.24. The number of rotatable bonds is 4. The molecule has 2 amide bonds. The first-order valence-corrected chi connectivity index (χ1v) is 4.82. The maximum atomic E-state index is 11.0. The minimum atomic E-state index is -0.899. The van der Waals surface area contributed by atoms with Crippen molar-refractivity contribution in [1.29, 1.82) is 0 Å². The summed E-state index contributed by atoms with van der Waals surface area (Å²) in [5.41, 5.74) is 9.69. The van der Waals surface area contributed by atoms with Crippen LogP contribution in [-0.4, -0.2) is 36.9 Å². The minimum absolute atomic E-state index is 0.0327. The Kier molecular flexibility index (Phi) is 2.93. The number of hydrogen-bond donors (Lipinski definition) is 5. The number of H-pyrrole nitrogens is 2. The van der Waals surface area contributed by atoms with Gasteiger partial charge in [-0.15, -0.1) is 10.2 Å². The van der Waals surface area contributed by atoms with Crippen molar-refractivity contribution >= 4 is 23.6 Å². The van der Waals surface area contributed by atoms with Crippen LogP contribution >= 0.6 is 0 Å². The van der Waals surface area contributed by atoms with E-state index in [0.717, 1.165) is 0 Å². The third kappa shape index (κ3) is 2.38. The molecule has 11 nitrogen and oxygen atoms in total. The highest BCUT2D eigenvalue weighted by molar-refractivity contribution is 5.95. The summed E-state index contributed by atoms with van der Waals surface area (Å²) < 4.78 is 0. The molecule has 11 heteroatoms. The van der Waals surface area contributed by atoms with E-state index in [4.69, 9.17) is 11.5 Å². The fourth-order valence-corrected chi connectivity index (χ4v) is 1.21. The van der Waals surface area contributed by atoms with E-state index in [2.05, 4.69) is 30.2 Å². The zero-order chi connectivity index (χ0) is 14.0. The summed E-state index contributed by atoms with van der Waals surface area (Å²) in [6.07, 6.45) is 1.21. The largest absolute Gasteiger partial charge is 0.492 e. The molecule has 0 aliphatic rings. The summed E-state index contributed by atoms with van der Waals surface area (Å²) in [4.78, 5) is 33.8. The van der Waals surface area contributed by atoms with E-state index >= 15 is 0 Å². The van der Waals surface area contributed by atoms with E-state index in [1.54, 1.807) is 0 Å². The monoisotopic (exact) mass is 264 g/mol. The van der Waals surface area contributed by atoms with Gasteiger partial charge in [0.05, 0.1) is 6.33 Å². The number of primary amides is 2. The molecule has 2 aromatic rings. The lowest BCUT2D eigenvalue weighted by Crippen LogP contribution is -2.11. The molecule has 0 atom stereocenters. The molecule has 19 heavy (non-hydrogen) atoms. The predicted octanol–water partition coefficient (Wildman–Crippen LogP) is -0.548. The van der Waals surface area contributed by atoms with Gasteiger partial charge in [0.2, 0.25) is 11.7 Å². The Morgan fingerprint density at radius 3 is 2.47 bits per heavy atom. The fourth-order valence-electron chi connectivity index (χ4n) is 1.21. The van der Waals surface area contributed by atoms with Gasteiger partial charge in [0.1, 0.15) is 0 Å². The molecule has 2 rings (SSSR count). The van der Waals surface area contributed by atoms with Crippen LogP contribution in [0, 0.1) is 0 Å². The molecule has 0 saturated carbocycles. The number of nitrogens with one attached hydrogen (secondary N) is 2. The number of aromatic hydroxyl groups is 1. The van der Waals surface area contributed by atoms with Gasteiger partial charge in [0, 0.05) is 0 Å². The smallest absolute Gasteiger partial charge is 0.270 e. The van der Waals surface area contributed by atoms with E-state index < -0.39 is 17.7 Å². The lowest BCUT2D eigenvalue weighted by Gasteiger charge is -1.89. The van der Waals surface area contributed by atoms with Crippen molar-refractivity contribution in [3.05, 3.63) is 17.7 Å². The summed E-state index contributed by atoms with van der Waals surface area (Å²) in [7, 11) is 0. The number of carbonyl (C=O) groups excluding carboxylic acids is 2. The van der Waals surface area contributed by atoms with E-state index in [-0.39, 0.29) is 23.2 Å². The topological polar surface area (TPSA) is 188 Å². The van der Waals surface area contributed by atoms with Crippen LogP contribution in [0.15, 0.2) is 16.6 Å². The molecule has 98 valence electrons. The fraction of sp³-hybridized carbons (Fsp3) is 0. The third-order valence-corrected chi connectivity index (χ3v) is 2.02. The molecule has 0 aromatic carbocycles. The molecule has 2 heterocycles. The number of nitrogens with two attached hydrogens (primary N) is 2. The van der Waals surface area contributed by atoms with Gasteiger partial charge < -0.3 is 26.5 Å². The van der Waals surface area contributed by atoms with Crippen LogP contribution in [0.3, 0.4) is 0 Å². The molecule has 0 unspecified atom stereocenters. The van der Waals surface area contributed by atoms with Gasteiger partial charge in [-0.3, -0.25) is 9.59 Å². The number of hydrogen-bond acceptors (Lipinski definition) is 7. The zero-order valence-corrected chi connectivity index (χ0v) is 9.28. The molecule has 0 radical (unpaired) electrons.